The molecule has 3 saturated heterocycles. The fourth-order valence-electron chi connectivity index (χ4n) is 5.87. The fourth-order valence-corrected chi connectivity index (χ4v) is 5.87. The van der Waals surface area contributed by atoms with Crippen LogP contribution in [0.1, 0.15) is 32.1 Å². The minimum Gasteiger partial charge on any atom is -0.491 e. The molecule has 1 aromatic rings. The molecule has 1 N–H and O–H groups in total. The fraction of sp³-hybridized carbons (Fsp3) is 0.536. The lowest BCUT2D eigenvalue weighted by Crippen LogP contribution is -2.55. The molecule has 0 aromatic heterocycles. The third-order valence-electron chi connectivity index (χ3n) is 8.04. The summed E-state index contributed by atoms with van der Waals surface area (Å²) in [5.74, 6) is 0.153. The van der Waals surface area contributed by atoms with Crippen LogP contribution in [0, 0.1) is 11.7 Å². The maximum atomic E-state index is 15.3. The van der Waals surface area contributed by atoms with Gasteiger partial charge < -0.3 is 24.4 Å². The van der Waals surface area contributed by atoms with Crippen molar-refractivity contribution in [1.82, 2.24) is 5.32 Å². The molecule has 0 saturated carbocycles. The van der Waals surface area contributed by atoms with Crippen LogP contribution < -0.4 is 15.1 Å². The van der Waals surface area contributed by atoms with Crippen molar-refractivity contribution in [3.05, 3.63) is 59.8 Å². The van der Waals surface area contributed by atoms with Gasteiger partial charge in [0, 0.05) is 45.1 Å². The van der Waals surface area contributed by atoms with Gasteiger partial charge in [-0.2, -0.15) is 0 Å². The molecule has 5 aliphatic rings. The Bertz CT molecular complexity index is 1080. The highest BCUT2D eigenvalue weighted by Crippen LogP contribution is 2.36. The molecule has 0 bridgehead atoms. The second kappa shape index (κ2) is 10.00. The first-order chi connectivity index (χ1) is 17.6. The smallest absolute Gasteiger partial charge is 0.238 e. The van der Waals surface area contributed by atoms with E-state index in [9.17, 15) is 4.79 Å². The van der Waals surface area contributed by atoms with Gasteiger partial charge in [-0.3, -0.25) is 9.69 Å². The molecule has 1 aliphatic carbocycles. The van der Waals surface area contributed by atoms with Crippen molar-refractivity contribution in [3.8, 4) is 0 Å². The van der Waals surface area contributed by atoms with Crippen LogP contribution in [0.5, 0.6) is 0 Å². The van der Waals surface area contributed by atoms with Gasteiger partial charge in [-0.15, -0.1) is 0 Å². The molecule has 7 nitrogen and oxygen atoms in total. The number of piperidine rings is 1. The number of fused-ring (bicyclic) bond motifs is 1. The summed E-state index contributed by atoms with van der Waals surface area (Å²) in [6.07, 6.45) is 12.2. The number of nitrogens with zero attached hydrogens (tertiary/aromatic N) is 2. The Morgan fingerprint density at radius 1 is 1.22 bits per heavy atom. The zero-order chi connectivity index (χ0) is 24.5. The topological polar surface area (TPSA) is 63.3 Å². The number of carbonyl (C=O) groups excluding carboxylic acids is 1. The van der Waals surface area contributed by atoms with Gasteiger partial charge in [0.2, 0.25) is 5.91 Å². The average molecular weight is 496 g/mol. The summed E-state index contributed by atoms with van der Waals surface area (Å²) in [5.41, 5.74) is 1.94. The van der Waals surface area contributed by atoms with Crippen molar-refractivity contribution in [2.45, 2.75) is 43.8 Å². The second-order valence-corrected chi connectivity index (χ2v) is 10.3. The number of ether oxygens (including phenoxy) is 3. The number of amides is 1. The van der Waals surface area contributed by atoms with Gasteiger partial charge in [0.05, 0.1) is 35.6 Å². The number of nitrogens with one attached hydrogen (secondary N) is 1. The van der Waals surface area contributed by atoms with Crippen LogP contribution in [0.2, 0.25) is 0 Å². The number of anilines is 2. The molecule has 1 unspecified atom stereocenters. The molecule has 4 heterocycles. The molecule has 1 aromatic carbocycles. The molecular weight excluding hydrogens is 461 g/mol. The van der Waals surface area contributed by atoms with Gasteiger partial charge in [-0.25, -0.2) is 4.39 Å². The largest absolute Gasteiger partial charge is 0.491 e. The van der Waals surface area contributed by atoms with E-state index in [2.05, 4.69) is 10.2 Å². The van der Waals surface area contributed by atoms with Crippen molar-refractivity contribution < 1.29 is 23.4 Å². The summed E-state index contributed by atoms with van der Waals surface area (Å²) in [6, 6.07) is 5.12. The first-order valence-electron chi connectivity index (χ1n) is 13.2. The summed E-state index contributed by atoms with van der Waals surface area (Å²) in [4.78, 5) is 16.9. The van der Waals surface area contributed by atoms with Crippen LogP contribution in [0.15, 0.2) is 54.0 Å². The van der Waals surface area contributed by atoms with Gasteiger partial charge in [0.1, 0.15) is 18.2 Å². The van der Waals surface area contributed by atoms with E-state index in [1.165, 1.54) is 6.07 Å². The second-order valence-electron chi connectivity index (χ2n) is 10.3. The molecule has 2 atom stereocenters. The van der Waals surface area contributed by atoms with E-state index in [0.29, 0.717) is 24.4 Å². The van der Waals surface area contributed by atoms with Gasteiger partial charge >= 0.3 is 0 Å². The van der Waals surface area contributed by atoms with Crippen LogP contribution in [0.25, 0.3) is 0 Å². The van der Waals surface area contributed by atoms with Crippen LogP contribution >= 0.6 is 0 Å². The molecule has 1 amide bonds. The number of morpholine rings is 1. The third kappa shape index (κ3) is 4.69. The van der Waals surface area contributed by atoms with Crippen LogP contribution in [-0.2, 0) is 19.0 Å². The number of halogens is 1. The van der Waals surface area contributed by atoms with Crippen molar-refractivity contribution in [3.63, 3.8) is 0 Å². The Labute approximate surface area is 211 Å². The van der Waals surface area contributed by atoms with Crippen molar-refractivity contribution >= 4 is 17.3 Å². The van der Waals surface area contributed by atoms with Gasteiger partial charge in [-0.1, -0.05) is 0 Å². The SMILES string of the molecule is O=C1C2CC=C(OC[C@H]3CCCO3)C=C2C=CN1c1ccc(N2CCC3(CC2)CNCCO3)c(F)c1. The minimum absolute atomic E-state index is 0.0489. The summed E-state index contributed by atoms with van der Waals surface area (Å²) in [7, 11) is 0. The standard InChI is InChI=1S/C28H34FN3O4/c29-25-17-21(3-6-26(25)31-12-8-28(9-13-31)19-30-10-15-36-28)32-11-7-20-16-22(4-5-24(20)27(32)33)35-18-23-2-1-14-34-23/h3-4,6-7,11,16-17,23-24,30H,1-2,5,8-10,12-15,18-19H2/t23-,24?/m1/s1. The molecule has 3 fully saturated rings. The lowest BCUT2D eigenvalue weighted by atomic mass is 9.87. The number of carbonyl (C=O) groups is 1. The van der Waals surface area contributed by atoms with E-state index in [1.807, 2.05) is 24.3 Å². The highest BCUT2D eigenvalue weighted by molar-refractivity contribution is 6.00. The molecule has 8 heteroatoms. The van der Waals surface area contributed by atoms with Crippen LogP contribution in [0.3, 0.4) is 0 Å². The predicted molar refractivity (Wildman–Crippen MR) is 135 cm³/mol. The van der Waals surface area contributed by atoms with Gasteiger partial charge in [0.15, 0.2) is 0 Å². The number of hydrogen-bond acceptors (Lipinski definition) is 6. The van der Waals surface area contributed by atoms with Crippen molar-refractivity contribution in [1.29, 1.82) is 0 Å². The zero-order valence-electron chi connectivity index (χ0n) is 20.6. The average Bonchev–Trinajstić information content (AvgIpc) is 3.43. The molecule has 4 aliphatic heterocycles. The summed E-state index contributed by atoms with van der Waals surface area (Å²) in [6.45, 7) is 5.33. The molecule has 6 rings (SSSR count). The van der Waals surface area contributed by atoms with E-state index in [0.717, 1.165) is 76.4 Å². The van der Waals surface area contributed by atoms with Gasteiger partial charge in [0.25, 0.3) is 0 Å². The maximum Gasteiger partial charge on any atom is 0.238 e. The van der Waals surface area contributed by atoms with Crippen LogP contribution in [0.4, 0.5) is 15.8 Å². The number of rotatable bonds is 5. The summed E-state index contributed by atoms with van der Waals surface area (Å²) >= 11 is 0. The summed E-state index contributed by atoms with van der Waals surface area (Å²) < 4.78 is 32.9. The molecule has 1 spiro atoms. The quantitative estimate of drug-likeness (QED) is 0.673. The number of hydrogen-bond donors (Lipinski definition) is 1. The van der Waals surface area contributed by atoms with Crippen molar-refractivity contribution in [2.24, 2.45) is 5.92 Å². The van der Waals surface area contributed by atoms with E-state index >= 15 is 4.39 Å². The Kier molecular flexibility index (Phi) is 6.58. The van der Waals surface area contributed by atoms with E-state index in [1.54, 1.807) is 17.2 Å². The van der Waals surface area contributed by atoms with Crippen molar-refractivity contribution in [2.75, 3.05) is 55.8 Å². The maximum absolute atomic E-state index is 15.3. The first kappa shape index (κ1) is 23.7. The zero-order valence-corrected chi connectivity index (χ0v) is 20.6. The monoisotopic (exact) mass is 495 g/mol. The van der Waals surface area contributed by atoms with Crippen LogP contribution in [-0.4, -0.2) is 63.6 Å². The predicted octanol–water partition coefficient (Wildman–Crippen LogP) is 3.67. The molecule has 0 radical (unpaired) electrons. The highest BCUT2D eigenvalue weighted by Gasteiger charge is 2.38. The highest BCUT2D eigenvalue weighted by atomic mass is 19.1. The Morgan fingerprint density at radius 3 is 2.86 bits per heavy atom. The molecular formula is C28H34FN3O4. The van der Waals surface area contributed by atoms with E-state index in [-0.39, 0.29) is 29.3 Å². The Hall–Kier alpha value is -2.68. The minimum atomic E-state index is -0.304. The number of benzene rings is 1. The normalized spacial score (nSPS) is 27.6. The van der Waals surface area contributed by atoms with E-state index < -0.39 is 0 Å². The Morgan fingerprint density at radius 2 is 2.11 bits per heavy atom. The lowest BCUT2D eigenvalue weighted by Gasteiger charge is -2.44. The summed E-state index contributed by atoms with van der Waals surface area (Å²) in [5, 5.41) is 3.42. The van der Waals surface area contributed by atoms with E-state index in [4.69, 9.17) is 14.2 Å². The third-order valence-corrected chi connectivity index (χ3v) is 8.04. The van der Waals surface area contributed by atoms with Gasteiger partial charge in [-0.05, 0) is 68.0 Å². The molecule has 36 heavy (non-hydrogen) atoms. The Balaban J connectivity index is 1.11. The molecule has 192 valence electrons. The lowest BCUT2D eigenvalue weighted by molar-refractivity contribution is -0.120. The first-order valence-corrected chi connectivity index (χ1v) is 13.2. The number of allylic oxidation sites excluding steroid dienone is 3.